The molecule has 24 heavy (non-hydrogen) atoms. The highest BCUT2D eigenvalue weighted by molar-refractivity contribution is 5.95. The molecule has 1 aromatic rings. The van der Waals surface area contributed by atoms with Gasteiger partial charge < -0.3 is 14.7 Å². The van der Waals surface area contributed by atoms with E-state index in [9.17, 15) is 36.2 Å². The first kappa shape index (κ1) is 18.3. The van der Waals surface area contributed by atoms with Crippen LogP contribution >= 0.6 is 0 Å². The first-order valence-electron chi connectivity index (χ1n) is 6.66. The number of nitrogens with zero attached hydrogens (tertiary/aromatic N) is 2. The van der Waals surface area contributed by atoms with E-state index >= 15 is 0 Å². The Hall–Kier alpha value is -2.04. The smallest absolute Gasteiger partial charge is 0.418 e. The molecule has 1 saturated heterocycles. The van der Waals surface area contributed by atoms with Crippen LogP contribution in [0.3, 0.4) is 0 Å². The highest BCUT2D eigenvalue weighted by Gasteiger charge is 2.44. The van der Waals surface area contributed by atoms with Crippen LogP contribution in [-0.2, 0) is 10.9 Å². The molecule has 0 amide bonds. The second-order valence-electron chi connectivity index (χ2n) is 5.15. The fraction of sp³-hybridized carbons (Fsp3) is 0.538. The molecule has 0 bridgehead atoms. The molecule has 1 fully saturated rings. The van der Waals surface area contributed by atoms with Crippen LogP contribution in [0.5, 0.6) is 0 Å². The maximum Gasteiger partial charge on any atom is 0.418 e. The van der Waals surface area contributed by atoms with Crippen LogP contribution in [-0.4, -0.2) is 48.0 Å². The number of aromatic nitrogens is 1. The number of carbonyl (C=O) groups is 1. The maximum atomic E-state index is 12.9. The summed E-state index contributed by atoms with van der Waals surface area (Å²) in [6.45, 7) is -0.281. The van der Waals surface area contributed by atoms with Gasteiger partial charge in [0.2, 0.25) is 0 Å². The number of alkyl halides is 6. The zero-order chi connectivity index (χ0) is 18.3. The molecule has 0 spiro atoms. The molecule has 2 rings (SSSR count). The highest BCUT2D eigenvalue weighted by Crippen LogP contribution is 2.36. The summed E-state index contributed by atoms with van der Waals surface area (Å²) >= 11 is 0. The van der Waals surface area contributed by atoms with Gasteiger partial charge in [0.15, 0.2) is 6.10 Å². The Morgan fingerprint density at radius 3 is 2.46 bits per heavy atom. The maximum absolute atomic E-state index is 12.9. The van der Waals surface area contributed by atoms with Gasteiger partial charge in [-0.15, -0.1) is 0 Å². The predicted octanol–water partition coefficient (Wildman–Crippen LogP) is 2.87. The Kier molecular flexibility index (Phi) is 4.66. The van der Waals surface area contributed by atoms with E-state index in [1.807, 2.05) is 0 Å². The van der Waals surface area contributed by atoms with Crippen LogP contribution in [0.1, 0.15) is 21.5 Å². The average molecular weight is 358 g/mol. The Labute approximate surface area is 131 Å². The van der Waals surface area contributed by atoms with Crippen LogP contribution < -0.4 is 4.90 Å². The van der Waals surface area contributed by atoms with Crippen LogP contribution in [0.2, 0.25) is 0 Å². The van der Waals surface area contributed by atoms with Gasteiger partial charge in [0.25, 0.3) is 0 Å². The minimum atomic E-state index is -4.82. The van der Waals surface area contributed by atoms with Gasteiger partial charge in [-0.05, 0) is 12.5 Å². The second kappa shape index (κ2) is 6.11. The number of morpholine rings is 1. The van der Waals surface area contributed by atoms with Gasteiger partial charge in [-0.25, -0.2) is 9.78 Å². The van der Waals surface area contributed by atoms with Crippen molar-refractivity contribution in [1.29, 1.82) is 0 Å². The van der Waals surface area contributed by atoms with Gasteiger partial charge in [0, 0.05) is 12.7 Å². The van der Waals surface area contributed by atoms with E-state index in [1.54, 1.807) is 0 Å². The van der Waals surface area contributed by atoms with E-state index < -0.39 is 53.5 Å². The number of ether oxygens (including phenoxy) is 1. The molecule has 0 radical (unpaired) electrons. The standard InChI is InChI=1S/C13H12F6N2O3/c1-6-7(12(14,15)16)4-20-10(9(6)11(22)23)21-2-3-24-8(5-21)13(17,18)19/h4,8H,2-3,5H2,1H3,(H,22,23)/t8-/m0/s1. The van der Waals surface area contributed by atoms with Crippen molar-refractivity contribution in [2.24, 2.45) is 0 Å². The minimum absolute atomic E-state index is 0.120. The van der Waals surface area contributed by atoms with Crippen LogP contribution in [0.15, 0.2) is 6.20 Å². The van der Waals surface area contributed by atoms with Gasteiger partial charge in [0.05, 0.1) is 18.7 Å². The Bertz CT molecular complexity index is 644. The summed E-state index contributed by atoms with van der Waals surface area (Å²) in [5, 5.41) is 9.21. The zero-order valence-electron chi connectivity index (χ0n) is 12.2. The number of aromatic carboxylic acids is 1. The molecule has 0 aromatic carbocycles. The molecular formula is C13H12F6N2O3. The molecule has 1 aromatic heterocycles. The second-order valence-corrected chi connectivity index (χ2v) is 5.15. The number of anilines is 1. The van der Waals surface area contributed by atoms with Gasteiger partial charge in [-0.2, -0.15) is 26.3 Å². The van der Waals surface area contributed by atoms with E-state index in [-0.39, 0.29) is 13.2 Å². The molecule has 5 nitrogen and oxygen atoms in total. The van der Waals surface area contributed by atoms with E-state index in [1.165, 1.54) is 0 Å². The van der Waals surface area contributed by atoms with Crippen LogP contribution in [0, 0.1) is 6.92 Å². The lowest BCUT2D eigenvalue weighted by Gasteiger charge is -2.35. The zero-order valence-corrected chi connectivity index (χ0v) is 12.2. The third-order valence-corrected chi connectivity index (χ3v) is 3.57. The van der Waals surface area contributed by atoms with Crippen LogP contribution in [0.4, 0.5) is 32.2 Å². The fourth-order valence-corrected chi connectivity index (χ4v) is 2.41. The Morgan fingerprint density at radius 1 is 1.33 bits per heavy atom. The van der Waals surface area contributed by atoms with Gasteiger partial charge in [-0.1, -0.05) is 0 Å². The predicted molar refractivity (Wildman–Crippen MR) is 68.9 cm³/mol. The van der Waals surface area contributed by atoms with E-state index in [4.69, 9.17) is 0 Å². The highest BCUT2D eigenvalue weighted by atomic mass is 19.4. The number of carboxylic acid groups (broad SMARTS) is 1. The van der Waals surface area contributed by atoms with E-state index in [2.05, 4.69) is 9.72 Å². The van der Waals surface area contributed by atoms with E-state index in [0.717, 1.165) is 11.8 Å². The normalized spacial score (nSPS) is 19.5. The number of halogens is 6. The van der Waals surface area contributed by atoms with Gasteiger partial charge in [0.1, 0.15) is 11.4 Å². The first-order chi connectivity index (χ1) is 10.9. The monoisotopic (exact) mass is 358 g/mol. The van der Waals surface area contributed by atoms with Crippen molar-refractivity contribution in [2.75, 3.05) is 24.6 Å². The molecule has 1 N–H and O–H groups in total. The summed E-state index contributed by atoms with van der Waals surface area (Å²) < 4.78 is 81.4. The molecule has 1 atom stereocenters. The molecule has 0 unspecified atom stereocenters. The molecular weight excluding hydrogens is 346 g/mol. The number of pyridine rings is 1. The van der Waals surface area contributed by atoms with Crippen molar-refractivity contribution >= 4 is 11.8 Å². The van der Waals surface area contributed by atoms with Crippen LogP contribution in [0.25, 0.3) is 0 Å². The molecule has 134 valence electrons. The number of rotatable bonds is 2. The molecule has 0 aliphatic carbocycles. The summed E-state index contributed by atoms with van der Waals surface area (Å²) in [6, 6.07) is 0. The van der Waals surface area contributed by atoms with Gasteiger partial charge >= 0.3 is 18.3 Å². The fourth-order valence-electron chi connectivity index (χ4n) is 2.41. The third-order valence-electron chi connectivity index (χ3n) is 3.57. The topological polar surface area (TPSA) is 62.7 Å². The first-order valence-corrected chi connectivity index (χ1v) is 6.66. The summed E-state index contributed by atoms with van der Waals surface area (Å²) in [5.41, 5.74) is -2.62. The molecule has 1 aliphatic heterocycles. The van der Waals surface area contributed by atoms with Crippen molar-refractivity contribution in [3.05, 3.63) is 22.9 Å². The van der Waals surface area contributed by atoms with Crippen molar-refractivity contribution < 1.29 is 41.0 Å². The average Bonchev–Trinajstić information content (AvgIpc) is 2.44. The summed E-state index contributed by atoms with van der Waals surface area (Å²) in [6.07, 6.45) is -11.2. The Morgan fingerprint density at radius 2 is 1.96 bits per heavy atom. The van der Waals surface area contributed by atoms with Crippen molar-refractivity contribution in [2.45, 2.75) is 25.4 Å². The quantitative estimate of drug-likeness (QED) is 0.824. The SMILES string of the molecule is Cc1c(C(F)(F)F)cnc(N2CCO[C@H](C(F)(F)F)C2)c1C(=O)O. The minimum Gasteiger partial charge on any atom is -0.478 e. The lowest BCUT2D eigenvalue weighted by molar-refractivity contribution is -0.221. The van der Waals surface area contributed by atoms with Crippen molar-refractivity contribution in [3.63, 3.8) is 0 Å². The summed E-state index contributed by atoms with van der Waals surface area (Å²) in [4.78, 5) is 15.8. The van der Waals surface area contributed by atoms with Gasteiger partial charge in [-0.3, -0.25) is 0 Å². The van der Waals surface area contributed by atoms with Crippen molar-refractivity contribution in [3.8, 4) is 0 Å². The number of carboxylic acids is 1. The molecule has 1 aliphatic rings. The third kappa shape index (κ3) is 3.55. The van der Waals surface area contributed by atoms with Crippen molar-refractivity contribution in [1.82, 2.24) is 4.98 Å². The largest absolute Gasteiger partial charge is 0.478 e. The molecule has 2 heterocycles. The molecule has 11 heteroatoms. The van der Waals surface area contributed by atoms with E-state index in [0.29, 0.717) is 6.20 Å². The number of hydrogen-bond acceptors (Lipinski definition) is 4. The summed E-state index contributed by atoms with van der Waals surface area (Å²) in [5.74, 6) is -2.14. The Balaban J connectivity index is 2.47. The number of hydrogen-bond donors (Lipinski definition) is 1. The molecule has 0 saturated carbocycles. The lowest BCUT2D eigenvalue weighted by Crippen LogP contribution is -2.50. The lowest BCUT2D eigenvalue weighted by atomic mass is 10.0. The summed E-state index contributed by atoms with van der Waals surface area (Å²) in [7, 11) is 0.